The van der Waals surface area contributed by atoms with E-state index in [4.69, 9.17) is 19.9 Å². The van der Waals surface area contributed by atoms with E-state index in [0.717, 1.165) is 6.42 Å². The third-order valence-corrected chi connectivity index (χ3v) is 0.987. The molecule has 0 heterocycles. The van der Waals surface area contributed by atoms with Gasteiger partial charge >= 0.3 is 0 Å². The molecule has 0 spiro atoms. The molecule has 10 heavy (non-hydrogen) atoms. The average Bonchev–Trinajstić information content (AvgIpc) is 1.99. The van der Waals surface area contributed by atoms with E-state index in [1.807, 2.05) is 0 Å². The Balaban J connectivity index is 3.09. The molecule has 0 saturated heterocycles. The number of nitrogens with two attached hydrogens (primary N) is 1. The Morgan fingerprint density at radius 1 is 1.30 bits per heavy atom. The van der Waals surface area contributed by atoms with Crippen molar-refractivity contribution in [3.63, 3.8) is 0 Å². The van der Waals surface area contributed by atoms with Gasteiger partial charge in [0.05, 0.1) is 6.61 Å². The Labute approximate surface area is 61.2 Å². The first-order valence-corrected chi connectivity index (χ1v) is 3.22. The molecule has 0 saturated carbocycles. The van der Waals surface area contributed by atoms with Crippen LogP contribution in [-0.2, 0) is 14.2 Å². The third-order valence-electron chi connectivity index (χ3n) is 0.987. The third kappa shape index (κ3) is 4.69. The van der Waals surface area contributed by atoms with Gasteiger partial charge in [-0.2, -0.15) is 0 Å². The largest absolute Gasteiger partial charge is 0.333 e. The summed E-state index contributed by atoms with van der Waals surface area (Å²) in [6, 6.07) is 0. The second kappa shape index (κ2) is 6.95. The van der Waals surface area contributed by atoms with E-state index in [-0.39, 0.29) is 0 Å². The molecular weight excluding hydrogens is 134 g/mol. The fourth-order valence-electron chi connectivity index (χ4n) is 0.495. The van der Waals surface area contributed by atoms with Crippen LogP contribution in [0, 0.1) is 0 Å². The summed E-state index contributed by atoms with van der Waals surface area (Å²) < 4.78 is 14.6. The standard InChI is InChI=1S/C6H15NO3/c1-8-6(9-2)10-5-3-4-7/h6H,3-5,7H2,1-2H3. The van der Waals surface area contributed by atoms with Gasteiger partial charge in [-0.05, 0) is 13.0 Å². The zero-order chi connectivity index (χ0) is 7.82. The van der Waals surface area contributed by atoms with Gasteiger partial charge in [0, 0.05) is 14.2 Å². The van der Waals surface area contributed by atoms with Crippen LogP contribution in [0.1, 0.15) is 6.42 Å². The SMILES string of the molecule is COC(OC)OCCCN. The quantitative estimate of drug-likeness (QED) is 0.424. The lowest BCUT2D eigenvalue weighted by atomic mass is 10.5. The van der Waals surface area contributed by atoms with Crippen LogP contribution in [0.3, 0.4) is 0 Å². The van der Waals surface area contributed by atoms with Gasteiger partial charge in [-0.3, -0.25) is 0 Å². The molecule has 2 N–H and O–H groups in total. The molecule has 4 nitrogen and oxygen atoms in total. The molecule has 0 aliphatic rings. The summed E-state index contributed by atoms with van der Waals surface area (Å²) in [5, 5.41) is 0. The molecule has 0 aromatic heterocycles. The Kier molecular flexibility index (Phi) is 6.84. The van der Waals surface area contributed by atoms with Gasteiger partial charge in [-0.1, -0.05) is 0 Å². The molecule has 0 unspecified atom stereocenters. The van der Waals surface area contributed by atoms with Crippen LogP contribution < -0.4 is 5.73 Å². The van der Waals surface area contributed by atoms with Gasteiger partial charge in [0.15, 0.2) is 0 Å². The number of hydrogen-bond donors (Lipinski definition) is 1. The number of hydrogen-bond acceptors (Lipinski definition) is 4. The predicted octanol–water partition coefficient (Wildman–Crippen LogP) is -0.0718. The van der Waals surface area contributed by atoms with Crippen molar-refractivity contribution in [1.29, 1.82) is 0 Å². The molecule has 0 radical (unpaired) electrons. The Morgan fingerprint density at radius 3 is 2.30 bits per heavy atom. The Morgan fingerprint density at radius 2 is 1.90 bits per heavy atom. The summed E-state index contributed by atoms with van der Waals surface area (Å²) in [5.41, 5.74) is 5.24. The number of methoxy groups -OCH3 is 2. The molecular formula is C6H15NO3. The fourth-order valence-corrected chi connectivity index (χ4v) is 0.495. The summed E-state index contributed by atoms with van der Waals surface area (Å²) in [5.74, 6) is 0. The van der Waals surface area contributed by atoms with Crippen LogP contribution in [0.4, 0.5) is 0 Å². The molecule has 0 bridgehead atoms. The maximum Gasteiger partial charge on any atom is 0.271 e. The van der Waals surface area contributed by atoms with Crippen LogP contribution >= 0.6 is 0 Å². The van der Waals surface area contributed by atoms with E-state index in [2.05, 4.69) is 0 Å². The van der Waals surface area contributed by atoms with Crippen molar-refractivity contribution in [2.45, 2.75) is 12.9 Å². The summed E-state index contributed by atoms with van der Waals surface area (Å²) >= 11 is 0. The fraction of sp³-hybridized carbons (Fsp3) is 1.00. The van der Waals surface area contributed by atoms with Crippen LogP contribution in [0.15, 0.2) is 0 Å². The maximum atomic E-state index is 5.24. The highest BCUT2D eigenvalue weighted by atomic mass is 16.8. The van der Waals surface area contributed by atoms with Crippen LogP contribution in [-0.4, -0.2) is 33.8 Å². The smallest absolute Gasteiger partial charge is 0.271 e. The van der Waals surface area contributed by atoms with E-state index in [1.54, 1.807) is 0 Å². The highest BCUT2D eigenvalue weighted by molar-refractivity contribution is 4.34. The number of rotatable bonds is 6. The first-order chi connectivity index (χ1) is 4.85. The van der Waals surface area contributed by atoms with E-state index < -0.39 is 6.48 Å². The highest BCUT2D eigenvalue weighted by Gasteiger charge is 2.02. The normalized spacial score (nSPS) is 10.8. The minimum absolute atomic E-state index is 0.549. The molecule has 0 aliphatic heterocycles. The van der Waals surface area contributed by atoms with Crippen molar-refractivity contribution in [2.24, 2.45) is 5.73 Å². The minimum Gasteiger partial charge on any atom is -0.333 e. The van der Waals surface area contributed by atoms with E-state index >= 15 is 0 Å². The van der Waals surface area contributed by atoms with Crippen molar-refractivity contribution in [3.05, 3.63) is 0 Å². The lowest BCUT2D eigenvalue weighted by Gasteiger charge is -2.12. The van der Waals surface area contributed by atoms with E-state index in [9.17, 15) is 0 Å². The summed E-state index contributed by atoms with van der Waals surface area (Å²) in [7, 11) is 3.05. The van der Waals surface area contributed by atoms with E-state index in [0.29, 0.717) is 13.2 Å². The highest BCUT2D eigenvalue weighted by Crippen LogP contribution is 1.93. The van der Waals surface area contributed by atoms with Gasteiger partial charge < -0.3 is 19.9 Å². The summed E-state index contributed by atoms with van der Waals surface area (Å²) in [6.45, 7) is 0.648. The van der Waals surface area contributed by atoms with Gasteiger partial charge in [0.25, 0.3) is 6.48 Å². The second-order valence-electron chi connectivity index (χ2n) is 1.77. The molecule has 0 fully saturated rings. The zero-order valence-corrected chi connectivity index (χ0v) is 6.50. The Hall–Kier alpha value is -0.160. The molecule has 62 valence electrons. The van der Waals surface area contributed by atoms with Gasteiger partial charge in [0.2, 0.25) is 0 Å². The molecule has 0 amide bonds. The lowest BCUT2D eigenvalue weighted by Crippen LogP contribution is -2.19. The minimum atomic E-state index is -0.549. The van der Waals surface area contributed by atoms with Crippen molar-refractivity contribution in [1.82, 2.24) is 0 Å². The molecule has 0 aromatic rings. The van der Waals surface area contributed by atoms with Gasteiger partial charge in [0.1, 0.15) is 0 Å². The second-order valence-corrected chi connectivity index (χ2v) is 1.77. The summed E-state index contributed by atoms with van der Waals surface area (Å²) in [6.07, 6.45) is 0.823. The first-order valence-electron chi connectivity index (χ1n) is 3.22. The molecule has 0 aromatic carbocycles. The Bertz CT molecular complexity index is 66.0. The monoisotopic (exact) mass is 149 g/mol. The van der Waals surface area contributed by atoms with Crippen LogP contribution in [0.25, 0.3) is 0 Å². The first kappa shape index (κ1) is 9.84. The van der Waals surface area contributed by atoms with Crippen molar-refractivity contribution < 1.29 is 14.2 Å². The zero-order valence-electron chi connectivity index (χ0n) is 6.50. The van der Waals surface area contributed by atoms with E-state index in [1.165, 1.54) is 14.2 Å². The molecule has 4 heteroatoms. The van der Waals surface area contributed by atoms with Gasteiger partial charge in [-0.25, -0.2) is 0 Å². The van der Waals surface area contributed by atoms with Crippen molar-refractivity contribution in [2.75, 3.05) is 27.4 Å². The van der Waals surface area contributed by atoms with Crippen LogP contribution in [0.2, 0.25) is 0 Å². The van der Waals surface area contributed by atoms with Crippen molar-refractivity contribution in [3.8, 4) is 0 Å². The molecule has 0 aliphatic carbocycles. The topological polar surface area (TPSA) is 53.7 Å². The van der Waals surface area contributed by atoms with Crippen molar-refractivity contribution >= 4 is 0 Å². The number of ether oxygens (including phenoxy) is 3. The predicted molar refractivity (Wildman–Crippen MR) is 37.4 cm³/mol. The lowest BCUT2D eigenvalue weighted by molar-refractivity contribution is -0.265. The van der Waals surface area contributed by atoms with Crippen LogP contribution in [0.5, 0.6) is 0 Å². The van der Waals surface area contributed by atoms with Gasteiger partial charge in [-0.15, -0.1) is 0 Å². The molecule has 0 rings (SSSR count). The maximum absolute atomic E-state index is 5.24. The molecule has 0 atom stereocenters. The summed E-state index contributed by atoms with van der Waals surface area (Å²) in [4.78, 5) is 0. The average molecular weight is 149 g/mol.